The second kappa shape index (κ2) is 8.56. The predicted molar refractivity (Wildman–Crippen MR) is 107 cm³/mol. The average Bonchev–Trinajstić information content (AvgIpc) is 2.68. The molecule has 1 fully saturated rings. The molecule has 3 rings (SSSR count). The molecule has 1 amide bonds. The van der Waals surface area contributed by atoms with E-state index in [0.717, 1.165) is 9.37 Å². The SMILES string of the molecule is O=C(CSc1ccc(Br)cc1)N1CCN(S(=O)(=O)c2ccccc2)CC1. The molecule has 26 heavy (non-hydrogen) atoms. The van der Waals surface area contributed by atoms with Crippen molar-refractivity contribution in [2.75, 3.05) is 31.9 Å². The Morgan fingerprint density at radius 1 is 0.962 bits per heavy atom. The zero-order valence-electron chi connectivity index (χ0n) is 14.0. The molecule has 0 atom stereocenters. The fourth-order valence-corrected chi connectivity index (χ4v) is 5.20. The average molecular weight is 455 g/mol. The number of carbonyl (C=O) groups is 1. The molecule has 0 aliphatic carbocycles. The number of nitrogens with zero attached hydrogens (tertiary/aromatic N) is 2. The summed E-state index contributed by atoms with van der Waals surface area (Å²) in [5.74, 6) is 0.391. The highest BCUT2D eigenvalue weighted by molar-refractivity contribution is 9.10. The van der Waals surface area contributed by atoms with Crippen molar-refractivity contribution >= 4 is 43.6 Å². The number of amides is 1. The molecule has 1 heterocycles. The molecule has 1 aliphatic heterocycles. The van der Waals surface area contributed by atoms with Crippen molar-refractivity contribution < 1.29 is 13.2 Å². The van der Waals surface area contributed by atoms with Gasteiger partial charge in [0.15, 0.2) is 0 Å². The van der Waals surface area contributed by atoms with Crippen molar-refractivity contribution in [3.63, 3.8) is 0 Å². The van der Waals surface area contributed by atoms with E-state index in [-0.39, 0.29) is 5.91 Å². The van der Waals surface area contributed by atoms with E-state index in [1.807, 2.05) is 24.3 Å². The largest absolute Gasteiger partial charge is 0.339 e. The summed E-state index contributed by atoms with van der Waals surface area (Å²) in [5.41, 5.74) is 0. The van der Waals surface area contributed by atoms with E-state index in [4.69, 9.17) is 0 Å². The molecule has 0 N–H and O–H groups in total. The molecule has 1 saturated heterocycles. The molecular formula is C18H19BrN2O3S2. The van der Waals surface area contributed by atoms with Gasteiger partial charge in [0.05, 0.1) is 10.6 Å². The monoisotopic (exact) mass is 454 g/mol. The van der Waals surface area contributed by atoms with Gasteiger partial charge in [-0.05, 0) is 36.4 Å². The normalized spacial score (nSPS) is 15.8. The zero-order valence-corrected chi connectivity index (χ0v) is 17.3. The van der Waals surface area contributed by atoms with Gasteiger partial charge in [-0.2, -0.15) is 4.31 Å². The van der Waals surface area contributed by atoms with E-state index >= 15 is 0 Å². The Balaban J connectivity index is 1.53. The van der Waals surface area contributed by atoms with Gasteiger partial charge < -0.3 is 4.90 Å². The van der Waals surface area contributed by atoms with Gasteiger partial charge in [0.25, 0.3) is 0 Å². The number of sulfonamides is 1. The minimum atomic E-state index is -3.48. The summed E-state index contributed by atoms with van der Waals surface area (Å²) < 4.78 is 27.7. The first kappa shape index (κ1) is 19.4. The maximum atomic E-state index is 12.6. The van der Waals surface area contributed by atoms with E-state index in [9.17, 15) is 13.2 Å². The molecule has 0 spiro atoms. The summed E-state index contributed by atoms with van der Waals surface area (Å²) in [6.45, 7) is 1.50. The summed E-state index contributed by atoms with van der Waals surface area (Å²) in [6, 6.07) is 16.2. The van der Waals surface area contributed by atoms with Crippen molar-refractivity contribution in [2.24, 2.45) is 0 Å². The zero-order chi connectivity index (χ0) is 18.6. The first-order valence-corrected chi connectivity index (χ1v) is 11.4. The van der Waals surface area contributed by atoms with Gasteiger partial charge in [0.1, 0.15) is 0 Å². The molecule has 5 nitrogen and oxygen atoms in total. The van der Waals surface area contributed by atoms with Crippen LogP contribution in [0.15, 0.2) is 68.9 Å². The number of piperazine rings is 1. The van der Waals surface area contributed by atoms with Crippen LogP contribution in [0.25, 0.3) is 0 Å². The molecule has 0 radical (unpaired) electrons. The van der Waals surface area contributed by atoms with Gasteiger partial charge in [-0.1, -0.05) is 34.1 Å². The van der Waals surface area contributed by atoms with Crippen LogP contribution in [0.2, 0.25) is 0 Å². The van der Waals surface area contributed by atoms with E-state index < -0.39 is 10.0 Å². The van der Waals surface area contributed by atoms with Crippen LogP contribution in [-0.2, 0) is 14.8 Å². The van der Waals surface area contributed by atoms with E-state index in [1.54, 1.807) is 35.2 Å². The topological polar surface area (TPSA) is 57.7 Å². The summed E-state index contributed by atoms with van der Waals surface area (Å²) in [5, 5.41) is 0. The van der Waals surface area contributed by atoms with Crippen molar-refractivity contribution in [1.82, 2.24) is 9.21 Å². The molecule has 8 heteroatoms. The highest BCUT2D eigenvalue weighted by Crippen LogP contribution is 2.22. The van der Waals surface area contributed by atoms with Crippen LogP contribution in [0, 0.1) is 0 Å². The van der Waals surface area contributed by atoms with Gasteiger partial charge in [-0.3, -0.25) is 4.79 Å². The molecular weight excluding hydrogens is 436 g/mol. The maximum Gasteiger partial charge on any atom is 0.243 e. The minimum Gasteiger partial charge on any atom is -0.339 e. The van der Waals surface area contributed by atoms with Gasteiger partial charge in [-0.25, -0.2) is 8.42 Å². The molecule has 2 aromatic rings. The number of benzene rings is 2. The third-order valence-corrected chi connectivity index (χ3v) is 7.59. The number of hydrogen-bond donors (Lipinski definition) is 0. The molecule has 0 aromatic heterocycles. The van der Waals surface area contributed by atoms with Crippen LogP contribution >= 0.6 is 27.7 Å². The maximum absolute atomic E-state index is 12.6. The quantitative estimate of drug-likeness (QED) is 0.651. The first-order chi connectivity index (χ1) is 12.5. The molecule has 0 unspecified atom stereocenters. The number of carbonyl (C=O) groups excluding carboxylic acids is 1. The van der Waals surface area contributed by atoms with Crippen LogP contribution in [-0.4, -0.2) is 55.5 Å². The molecule has 1 aliphatic rings. The Morgan fingerprint density at radius 2 is 1.58 bits per heavy atom. The van der Waals surface area contributed by atoms with Crippen LogP contribution in [0.1, 0.15) is 0 Å². The second-order valence-corrected chi connectivity index (χ2v) is 9.74. The second-order valence-electron chi connectivity index (χ2n) is 5.84. The van der Waals surface area contributed by atoms with Crippen LogP contribution in [0.4, 0.5) is 0 Å². The predicted octanol–water partition coefficient (Wildman–Crippen LogP) is 3.07. The van der Waals surface area contributed by atoms with Crippen LogP contribution < -0.4 is 0 Å². The fourth-order valence-electron chi connectivity index (χ4n) is 2.69. The van der Waals surface area contributed by atoms with Crippen LogP contribution in [0.5, 0.6) is 0 Å². The highest BCUT2D eigenvalue weighted by atomic mass is 79.9. The van der Waals surface area contributed by atoms with Crippen molar-refractivity contribution in [3.8, 4) is 0 Å². The standard InChI is InChI=1S/C18H19BrN2O3S2/c19-15-6-8-16(9-7-15)25-14-18(22)20-10-12-21(13-11-20)26(23,24)17-4-2-1-3-5-17/h1-9H,10-14H2. The summed E-state index contributed by atoms with van der Waals surface area (Å²) in [4.78, 5) is 15.5. The third kappa shape index (κ3) is 4.68. The van der Waals surface area contributed by atoms with Gasteiger partial charge in [-0.15, -0.1) is 11.8 Å². The Morgan fingerprint density at radius 3 is 2.19 bits per heavy atom. The number of halogens is 1. The lowest BCUT2D eigenvalue weighted by Gasteiger charge is -2.34. The summed E-state index contributed by atoms with van der Waals surface area (Å²) in [6.07, 6.45) is 0. The third-order valence-electron chi connectivity index (χ3n) is 4.15. The van der Waals surface area contributed by atoms with Crippen molar-refractivity contribution in [2.45, 2.75) is 9.79 Å². The first-order valence-electron chi connectivity index (χ1n) is 8.18. The Kier molecular flexibility index (Phi) is 6.39. The van der Waals surface area contributed by atoms with Gasteiger partial charge in [0.2, 0.25) is 15.9 Å². The number of thioether (sulfide) groups is 1. The highest BCUT2D eigenvalue weighted by Gasteiger charge is 2.29. The van der Waals surface area contributed by atoms with E-state index in [0.29, 0.717) is 36.8 Å². The Hall–Kier alpha value is -1.35. The molecule has 0 saturated carbocycles. The minimum absolute atomic E-state index is 0.0367. The van der Waals surface area contributed by atoms with Crippen LogP contribution in [0.3, 0.4) is 0 Å². The molecule has 138 valence electrons. The van der Waals surface area contributed by atoms with E-state index in [1.165, 1.54) is 16.1 Å². The summed E-state index contributed by atoms with van der Waals surface area (Å²) >= 11 is 4.88. The smallest absolute Gasteiger partial charge is 0.243 e. The lowest BCUT2D eigenvalue weighted by Crippen LogP contribution is -2.50. The van der Waals surface area contributed by atoms with E-state index in [2.05, 4.69) is 15.9 Å². The fraction of sp³-hybridized carbons (Fsp3) is 0.278. The molecule has 0 bridgehead atoms. The Labute approximate surface area is 166 Å². The lowest BCUT2D eigenvalue weighted by atomic mass is 10.3. The summed E-state index contributed by atoms with van der Waals surface area (Å²) in [7, 11) is -3.48. The molecule has 2 aromatic carbocycles. The number of rotatable bonds is 5. The lowest BCUT2D eigenvalue weighted by molar-refractivity contribution is -0.129. The van der Waals surface area contributed by atoms with Gasteiger partial charge in [0, 0.05) is 35.5 Å². The van der Waals surface area contributed by atoms with Crippen molar-refractivity contribution in [3.05, 3.63) is 59.1 Å². The number of hydrogen-bond acceptors (Lipinski definition) is 4. The Bertz CT molecular complexity index is 850. The van der Waals surface area contributed by atoms with Gasteiger partial charge >= 0.3 is 0 Å². The van der Waals surface area contributed by atoms with Crippen molar-refractivity contribution in [1.29, 1.82) is 0 Å².